The molecule has 2 unspecified atom stereocenters. The first-order chi connectivity index (χ1) is 8.99. The van der Waals surface area contributed by atoms with Crippen molar-refractivity contribution in [3.05, 3.63) is 35.1 Å². The number of carbonyl (C=O) groups excluding carboxylic acids is 1. The molecule has 2 atom stereocenters. The van der Waals surface area contributed by atoms with Gasteiger partial charge in [-0.05, 0) is 24.6 Å². The quantitative estimate of drug-likeness (QED) is 0.855. The molecule has 1 aromatic rings. The van der Waals surface area contributed by atoms with Gasteiger partial charge in [0.25, 0.3) is 5.91 Å². The molecule has 0 bridgehead atoms. The Kier molecular flexibility index (Phi) is 3.80. The van der Waals surface area contributed by atoms with Crippen molar-refractivity contribution in [2.45, 2.75) is 13.0 Å². The topological polar surface area (TPSA) is 75.6 Å². The molecular formula is C13H14FNO4. The molecule has 19 heavy (non-hydrogen) atoms. The van der Waals surface area contributed by atoms with Crippen LogP contribution >= 0.6 is 0 Å². The van der Waals surface area contributed by atoms with Gasteiger partial charge in [-0.1, -0.05) is 6.07 Å². The number of aliphatic carboxylic acids is 1. The summed E-state index contributed by atoms with van der Waals surface area (Å²) in [6.45, 7) is 1.82. The molecule has 102 valence electrons. The number of aryl methyl sites for hydroxylation is 1. The molecule has 0 aromatic heterocycles. The van der Waals surface area contributed by atoms with Crippen molar-refractivity contribution in [2.24, 2.45) is 5.92 Å². The minimum Gasteiger partial charge on any atom is -0.481 e. The van der Waals surface area contributed by atoms with E-state index in [2.05, 4.69) is 5.32 Å². The second-order valence-corrected chi connectivity index (χ2v) is 4.53. The lowest BCUT2D eigenvalue weighted by atomic mass is 10.0. The number of hydrogen-bond acceptors (Lipinski definition) is 3. The average molecular weight is 267 g/mol. The summed E-state index contributed by atoms with van der Waals surface area (Å²) in [5.74, 6) is -2.75. The molecule has 6 heteroatoms. The Labute approximate surface area is 109 Å². The van der Waals surface area contributed by atoms with Crippen LogP contribution < -0.4 is 5.32 Å². The lowest BCUT2D eigenvalue weighted by molar-refractivity contribution is -0.142. The number of carbonyl (C=O) groups is 2. The lowest BCUT2D eigenvalue weighted by Crippen LogP contribution is -2.42. The number of amides is 1. The van der Waals surface area contributed by atoms with Crippen LogP contribution in [0.2, 0.25) is 0 Å². The maximum Gasteiger partial charge on any atom is 0.311 e. The number of halogens is 1. The highest BCUT2D eigenvalue weighted by atomic mass is 19.1. The Morgan fingerprint density at radius 3 is 2.79 bits per heavy atom. The van der Waals surface area contributed by atoms with Gasteiger partial charge < -0.3 is 15.2 Å². The number of ether oxygens (including phenoxy) is 1. The van der Waals surface area contributed by atoms with Crippen molar-refractivity contribution in [3.8, 4) is 0 Å². The van der Waals surface area contributed by atoms with E-state index < -0.39 is 29.7 Å². The summed E-state index contributed by atoms with van der Waals surface area (Å²) < 4.78 is 18.4. The van der Waals surface area contributed by atoms with Crippen molar-refractivity contribution < 1.29 is 23.8 Å². The molecule has 5 nitrogen and oxygen atoms in total. The SMILES string of the molecule is Cc1ccc(C(=O)NC2COCC2C(=O)O)cc1F. The van der Waals surface area contributed by atoms with E-state index in [1.54, 1.807) is 6.92 Å². The molecule has 1 amide bonds. The van der Waals surface area contributed by atoms with E-state index in [1.165, 1.54) is 12.1 Å². The van der Waals surface area contributed by atoms with E-state index in [4.69, 9.17) is 9.84 Å². The predicted octanol–water partition coefficient (Wildman–Crippen LogP) is 0.964. The standard InChI is InChI=1S/C13H14FNO4/c1-7-2-3-8(4-10(7)14)12(16)15-11-6-19-5-9(11)13(17)18/h2-4,9,11H,5-6H2,1H3,(H,15,16)(H,17,18). The zero-order valence-corrected chi connectivity index (χ0v) is 10.4. The van der Waals surface area contributed by atoms with Crippen molar-refractivity contribution in [1.82, 2.24) is 5.32 Å². The Bertz CT molecular complexity index is 517. The van der Waals surface area contributed by atoms with Gasteiger partial charge in [-0.3, -0.25) is 9.59 Å². The molecule has 1 fully saturated rings. The van der Waals surface area contributed by atoms with E-state index in [1.807, 2.05) is 0 Å². The molecule has 1 saturated heterocycles. The highest BCUT2D eigenvalue weighted by molar-refractivity contribution is 5.94. The van der Waals surface area contributed by atoms with Crippen LogP contribution in [0, 0.1) is 18.7 Å². The fourth-order valence-electron chi connectivity index (χ4n) is 1.93. The molecule has 0 aliphatic carbocycles. The first-order valence-electron chi connectivity index (χ1n) is 5.86. The number of nitrogens with one attached hydrogen (secondary N) is 1. The minimum atomic E-state index is -1.02. The zero-order valence-electron chi connectivity index (χ0n) is 10.4. The normalized spacial score (nSPS) is 22.2. The van der Waals surface area contributed by atoms with Gasteiger partial charge in [0.15, 0.2) is 0 Å². The van der Waals surface area contributed by atoms with Gasteiger partial charge >= 0.3 is 5.97 Å². The van der Waals surface area contributed by atoms with Crippen LogP contribution in [0.1, 0.15) is 15.9 Å². The highest BCUT2D eigenvalue weighted by Crippen LogP contribution is 2.15. The van der Waals surface area contributed by atoms with E-state index >= 15 is 0 Å². The Morgan fingerprint density at radius 2 is 2.16 bits per heavy atom. The third kappa shape index (κ3) is 2.90. The van der Waals surface area contributed by atoms with Crippen LogP contribution in [0.3, 0.4) is 0 Å². The number of benzene rings is 1. The van der Waals surface area contributed by atoms with Crippen molar-refractivity contribution in [1.29, 1.82) is 0 Å². The molecule has 0 spiro atoms. The number of carboxylic acids is 1. The fourth-order valence-corrected chi connectivity index (χ4v) is 1.93. The molecular weight excluding hydrogens is 253 g/mol. The van der Waals surface area contributed by atoms with Gasteiger partial charge in [0, 0.05) is 5.56 Å². The maximum absolute atomic E-state index is 13.4. The molecule has 1 heterocycles. The minimum absolute atomic E-state index is 0.0720. The van der Waals surface area contributed by atoms with Crippen LogP contribution in [0.15, 0.2) is 18.2 Å². The number of rotatable bonds is 3. The first-order valence-corrected chi connectivity index (χ1v) is 5.86. The summed E-state index contributed by atoms with van der Waals surface area (Å²) in [5.41, 5.74) is 0.614. The van der Waals surface area contributed by atoms with Gasteiger partial charge in [0.1, 0.15) is 11.7 Å². The lowest BCUT2D eigenvalue weighted by Gasteiger charge is -2.15. The Morgan fingerprint density at radius 1 is 1.42 bits per heavy atom. The van der Waals surface area contributed by atoms with Gasteiger partial charge in [-0.25, -0.2) is 4.39 Å². The van der Waals surface area contributed by atoms with Crippen molar-refractivity contribution >= 4 is 11.9 Å². The van der Waals surface area contributed by atoms with Gasteiger partial charge in [-0.2, -0.15) is 0 Å². The number of hydrogen-bond donors (Lipinski definition) is 2. The van der Waals surface area contributed by atoms with Gasteiger partial charge in [-0.15, -0.1) is 0 Å². The summed E-state index contributed by atoms with van der Waals surface area (Å²) >= 11 is 0. The molecule has 2 N–H and O–H groups in total. The van der Waals surface area contributed by atoms with E-state index in [0.717, 1.165) is 6.07 Å². The Hall–Kier alpha value is -1.95. The average Bonchev–Trinajstić information content (AvgIpc) is 2.80. The van der Waals surface area contributed by atoms with Crippen LogP contribution in [-0.2, 0) is 9.53 Å². The second-order valence-electron chi connectivity index (χ2n) is 4.53. The third-order valence-corrected chi connectivity index (χ3v) is 3.15. The monoisotopic (exact) mass is 267 g/mol. The van der Waals surface area contributed by atoms with Crippen LogP contribution in [0.4, 0.5) is 4.39 Å². The van der Waals surface area contributed by atoms with Crippen molar-refractivity contribution in [3.63, 3.8) is 0 Å². The molecule has 1 aromatic carbocycles. The smallest absolute Gasteiger partial charge is 0.311 e. The van der Waals surface area contributed by atoms with Gasteiger partial charge in [0.05, 0.1) is 19.3 Å². The fraction of sp³-hybridized carbons (Fsp3) is 0.385. The zero-order chi connectivity index (χ0) is 14.0. The summed E-state index contributed by atoms with van der Waals surface area (Å²) in [4.78, 5) is 22.8. The first kappa shape index (κ1) is 13.5. The molecule has 0 radical (unpaired) electrons. The van der Waals surface area contributed by atoms with Crippen LogP contribution in [0.25, 0.3) is 0 Å². The second kappa shape index (κ2) is 5.36. The largest absolute Gasteiger partial charge is 0.481 e. The van der Waals surface area contributed by atoms with E-state index in [0.29, 0.717) is 5.56 Å². The van der Waals surface area contributed by atoms with Crippen molar-refractivity contribution in [2.75, 3.05) is 13.2 Å². The Balaban J connectivity index is 2.08. The number of carboxylic acid groups (broad SMARTS) is 1. The molecule has 1 aliphatic heterocycles. The van der Waals surface area contributed by atoms with E-state index in [-0.39, 0.29) is 18.8 Å². The van der Waals surface area contributed by atoms with Crippen LogP contribution in [-0.4, -0.2) is 36.2 Å². The summed E-state index contributed by atoms with van der Waals surface area (Å²) in [6.07, 6.45) is 0. The summed E-state index contributed by atoms with van der Waals surface area (Å²) in [7, 11) is 0. The summed E-state index contributed by atoms with van der Waals surface area (Å²) in [5, 5.41) is 11.5. The molecule has 0 saturated carbocycles. The van der Waals surface area contributed by atoms with Gasteiger partial charge in [0.2, 0.25) is 0 Å². The molecule has 1 aliphatic rings. The van der Waals surface area contributed by atoms with E-state index in [9.17, 15) is 14.0 Å². The van der Waals surface area contributed by atoms with Crippen LogP contribution in [0.5, 0.6) is 0 Å². The maximum atomic E-state index is 13.4. The third-order valence-electron chi connectivity index (χ3n) is 3.15. The predicted molar refractivity (Wildman–Crippen MR) is 64.3 cm³/mol. The highest BCUT2D eigenvalue weighted by Gasteiger charge is 2.35. The molecule has 2 rings (SSSR count). The summed E-state index contributed by atoms with van der Waals surface area (Å²) in [6, 6.07) is 3.55.